The van der Waals surface area contributed by atoms with Gasteiger partial charge in [-0.2, -0.15) is 0 Å². The molecule has 0 saturated heterocycles. The third-order valence-electron chi connectivity index (χ3n) is 5.70. The predicted molar refractivity (Wildman–Crippen MR) is 98.8 cm³/mol. The van der Waals surface area contributed by atoms with Crippen molar-refractivity contribution in [2.24, 2.45) is 0 Å². The Morgan fingerprint density at radius 3 is 3.17 bits per heavy atom. The van der Waals surface area contributed by atoms with Crippen LogP contribution in [0.3, 0.4) is 0 Å². The van der Waals surface area contributed by atoms with Crippen LogP contribution in [0.5, 0.6) is 0 Å². The molecule has 0 aromatic carbocycles. The summed E-state index contributed by atoms with van der Waals surface area (Å²) in [5, 5.41) is 2.91. The van der Waals surface area contributed by atoms with Crippen molar-refractivity contribution in [2.45, 2.75) is 43.4 Å². The van der Waals surface area contributed by atoms with Gasteiger partial charge in [-0.05, 0) is 59.8 Å². The van der Waals surface area contributed by atoms with Gasteiger partial charge in [0.2, 0.25) is 0 Å². The monoisotopic (exact) mass is 344 g/mol. The second-order valence-electron chi connectivity index (χ2n) is 6.87. The zero-order valence-electron chi connectivity index (χ0n) is 13.1. The average molecular weight is 345 g/mol. The van der Waals surface area contributed by atoms with E-state index in [9.17, 15) is 0 Å². The predicted octanol–water partition coefficient (Wildman–Crippen LogP) is 4.79. The van der Waals surface area contributed by atoms with Gasteiger partial charge in [-0.25, -0.2) is 0 Å². The van der Waals surface area contributed by atoms with Crippen molar-refractivity contribution >= 4 is 28.9 Å². The largest absolute Gasteiger partial charge is 0.368 e. The molecule has 0 amide bonds. The lowest BCUT2D eigenvalue weighted by Crippen LogP contribution is -2.36. The first kappa shape index (κ1) is 14.3. The highest BCUT2D eigenvalue weighted by atomic mass is 35.5. The number of rotatable bonds is 2. The van der Waals surface area contributed by atoms with E-state index in [-0.39, 0.29) is 0 Å². The number of hydrogen-bond donors (Lipinski definition) is 1. The maximum Gasteiger partial charge on any atom is 0.0703 e. The number of thioether (sulfide) groups is 1. The Hall–Kier alpha value is -1.06. The third-order valence-corrected chi connectivity index (χ3v) is 6.98. The lowest BCUT2D eigenvalue weighted by Gasteiger charge is -2.40. The minimum absolute atomic E-state index is 0.530. The standard InChI is InChI=1S/C19H21ClN2S/c20-7-4-12-2-1-3-14-15-5-8-22-11-13-6-9-23-17(13)10-16(22)19(15)21-18(12)14/h2,6,9,11,16-17,21H,1,3-5,7-8,10H2/t16?,17-/m0/s1. The Bertz CT molecular complexity index is 743. The molecule has 4 heteroatoms. The summed E-state index contributed by atoms with van der Waals surface area (Å²) in [5.74, 6) is 0.709. The Balaban J connectivity index is 1.56. The van der Waals surface area contributed by atoms with E-state index in [0.29, 0.717) is 17.2 Å². The summed E-state index contributed by atoms with van der Waals surface area (Å²) >= 11 is 8.00. The van der Waals surface area contributed by atoms with E-state index in [1.54, 1.807) is 11.1 Å². The average Bonchev–Trinajstić information content (AvgIpc) is 3.17. The van der Waals surface area contributed by atoms with Gasteiger partial charge < -0.3 is 9.88 Å². The topological polar surface area (TPSA) is 19.0 Å². The number of allylic oxidation sites excluding steroid dienone is 3. The highest BCUT2D eigenvalue weighted by molar-refractivity contribution is 8.03. The van der Waals surface area contributed by atoms with Crippen molar-refractivity contribution in [3.63, 3.8) is 0 Å². The third kappa shape index (κ3) is 2.16. The lowest BCUT2D eigenvalue weighted by atomic mass is 9.87. The summed E-state index contributed by atoms with van der Waals surface area (Å²) in [7, 11) is 0. The van der Waals surface area contributed by atoms with Crippen molar-refractivity contribution in [1.82, 2.24) is 9.88 Å². The molecule has 120 valence electrons. The highest BCUT2D eigenvalue weighted by Crippen LogP contribution is 2.46. The molecule has 1 aliphatic carbocycles. The number of fused-ring (bicyclic) bond motifs is 6. The van der Waals surface area contributed by atoms with E-state index in [4.69, 9.17) is 11.6 Å². The summed E-state index contributed by atoms with van der Waals surface area (Å²) in [6.45, 7) is 1.16. The van der Waals surface area contributed by atoms with Gasteiger partial charge in [-0.3, -0.25) is 0 Å². The van der Waals surface area contributed by atoms with Gasteiger partial charge in [0.05, 0.1) is 6.04 Å². The van der Waals surface area contributed by atoms with Gasteiger partial charge >= 0.3 is 0 Å². The van der Waals surface area contributed by atoms with Gasteiger partial charge in [0.1, 0.15) is 0 Å². The molecule has 1 unspecified atom stereocenters. The number of nitrogens with one attached hydrogen (secondary N) is 1. The molecule has 0 spiro atoms. The molecule has 2 nitrogen and oxygen atoms in total. The lowest BCUT2D eigenvalue weighted by molar-refractivity contribution is 0.234. The van der Waals surface area contributed by atoms with Crippen LogP contribution in [0.25, 0.3) is 5.57 Å². The Morgan fingerprint density at radius 1 is 1.30 bits per heavy atom. The molecule has 0 fully saturated rings. The zero-order valence-corrected chi connectivity index (χ0v) is 14.7. The van der Waals surface area contributed by atoms with Crippen LogP contribution in [0, 0.1) is 0 Å². The molecular formula is C19H21ClN2S. The van der Waals surface area contributed by atoms with Crippen LogP contribution in [-0.2, 0) is 12.8 Å². The normalized spacial score (nSPS) is 27.8. The summed E-state index contributed by atoms with van der Waals surface area (Å²) in [4.78, 5) is 6.41. The van der Waals surface area contributed by atoms with E-state index >= 15 is 0 Å². The molecule has 0 radical (unpaired) electrons. The number of aromatic nitrogens is 1. The zero-order chi connectivity index (χ0) is 15.4. The first-order valence-corrected chi connectivity index (χ1v) is 10.1. The number of halogens is 1. The van der Waals surface area contributed by atoms with Gasteiger partial charge in [0.15, 0.2) is 0 Å². The van der Waals surface area contributed by atoms with E-state index in [1.165, 1.54) is 48.2 Å². The summed E-state index contributed by atoms with van der Waals surface area (Å²) < 4.78 is 0. The van der Waals surface area contributed by atoms with Crippen LogP contribution < -0.4 is 0 Å². The Kier molecular flexibility index (Phi) is 3.41. The SMILES string of the molecule is ClCCC1=CCCc2c1[nH]c1c2CCN2C=C3C=CS[C@H]3CC12. The molecule has 4 aliphatic rings. The van der Waals surface area contributed by atoms with Gasteiger partial charge in [0, 0.05) is 35.3 Å². The van der Waals surface area contributed by atoms with Crippen molar-refractivity contribution in [1.29, 1.82) is 0 Å². The maximum absolute atomic E-state index is 6.02. The van der Waals surface area contributed by atoms with E-state index < -0.39 is 0 Å². The fourth-order valence-electron chi connectivity index (χ4n) is 4.62. The van der Waals surface area contributed by atoms with Crippen LogP contribution in [0.1, 0.15) is 47.8 Å². The number of aromatic amines is 1. The van der Waals surface area contributed by atoms with Gasteiger partial charge in [0.25, 0.3) is 0 Å². The smallest absolute Gasteiger partial charge is 0.0703 e. The number of nitrogens with zero attached hydrogens (tertiary/aromatic N) is 1. The van der Waals surface area contributed by atoms with Crippen molar-refractivity contribution in [2.75, 3.05) is 12.4 Å². The Labute approximate surface area is 146 Å². The van der Waals surface area contributed by atoms with Crippen LogP contribution in [0.15, 0.2) is 29.3 Å². The molecule has 5 rings (SSSR count). The number of hydrogen-bond acceptors (Lipinski definition) is 2. The molecular weight excluding hydrogens is 324 g/mol. The van der Waals surface area contributed by atoms with Crippen LogP contribution in [-0.4, -0.2) is 27.6 Å². The maximum atomic E-state index is 6.02. The summed E-state index contributed by atoms with van der Waals surface area (Å²) in [6.07, 6.45) is 12.8. The molecule has 0 saturated carbocycles. The van der Waals surface area contributed by atoms with Crippen LogP contribution >= 0.6 is 23.4 Å². The fourth-order valence-corrected chi connectivity index (χ4v) is 5.84. The molecule has 0 bridgehead atoms. The molecule has 1 aromatic rings. The van der Waals surface area contributed by atoms with Crippen LogP contribution in [0.4, 0.5) is 0 Å². The quantitative estimate of drug-likeness (QED) is 0.778. The molecule has 2 atom stereocenters. The highest BCUT2D eigenvalue weighted by Gasteiger charge is 2.37. The fraction of sp³-hybridized carbons (Fsp3) is 0.474. The van der Waals surface area contributed by atoms with E-state index in [1.807, 2.05) is 11.8 Å². The van der Waals surface area contributed by atoms with Crippen LogP contribution in [0.2, 0.25) is 0 Å². The van der Waals surface area contributed by atoms with Crippen molar-refractivity contribution < 1.29 is 0 Å². The second kappa shape index (κ2) is 5.49. The van der Waals surface area contributed by atoms with E-state index in [0.717, 1.165) is 13.0 Å². The van der Waals surface area contributed by atoms with Crippen molar-refractivity contribution in [3.8, 4) is 0 Å². The van der Waals surface area contributed by atoms with E-state index in [2.05, 4.69) is 33.6 Å². The first-order valence-electron chi connectivity index (χ1n) is 8.63. The summed E-state index contributed by atoms with van der Waals surface area (Å²) in [5.41, 5.74) is 9.05. The number of alkyl halides is 1. The Morgan fingerprint density at radius 2 is 2.26 bits per heavy atom. The first-order chi connectivity index (χ1) is 11.3. The molecule has 1 aromatic heterocycles. The number of H-pyrrole nitrogens is 1. The minimum atomic E-state index is 0.530. The molecule has 23 heavy (non-hydrogen) atoms. The molecule has 4 heterocycles. The van der Waals surface area contributed by atoms with Gasteiger partial charge in [-0.15, -0.1) is 23.4 Å². The minimum Gasteiger partial charge on any atom is -0.368 e. The molecule has 1 N–H and O–H groups in total. The summed E-state index contributed by atoms with van der Waals surface area (Å²) in [6, 6.07) is 0.530. The van der Waals surface area contributed by atoms with Gasteiger partial charge in [-0.1, -0.05) is 12.2 Å². The van der Waals surface area contributed by atoms with Crippen molar-refractivity contribution in [3.05, 3.63) is 51.8 Å². The second-order valence-corrected chi connectivity index (χ2v) is 8.37. The molecule has 3 aliphatic heterocycles.